The van der Waals surface area contributed by atoms with Gasteiger partial charge in [0.2, 0.25) is 0 Å². The summed E-state index contributed by atoms with van der Waals surface area (Å²) in [4.78, 5) is 49.9. The van der Waals surface area contributed by atoms with Crippen LogP contribution in [0.3, 0.4) is 0 Å². The van der Waals surface area contributed by atoms with Crippen molar-refractivity contribution in [3.05, 3.63) is 34.4 Å². The molecule has 0 amide bonds. The normalized spacial score (nSPS) is 35.2. The van der Waals surface area contributed by atoms with Crippen molar-refractivity contribution < 1.29 is 43.2 Å². The van der Waals surface area contributed by atoms with E-state index in [-0.39, 0.29) is 12.8 Å². The summed E-state index contributed by atoms with van der Waals surface area (Å²) in [6.07, 6.45) is -0.0158. The first-order chi connectivity index (χ1) is 17.3. The molecular weight excluding hydrogens is 480 g/mol. The van der Waals surface area contributed by atoms with Crippen LogP contribution in [0.1, 0.15) is 74.1 Å². The Morgan fingerprint density at radius 1 is 1.11 bits per heavy atom. The first-order valence-corrected chi connectivity index (χ1v) is 12.8. The van der Waals surface area contributed by atoms with E-state index in [0.29, 0.717) is 24.0 Å². The maximum absolute atomic E-state index is 12.7. The number of aliphatic hydroxyl groups excluding tert-OH is 1. The number of carbonyl (C=O) groups is 4. The molecule has 0 radical (unpaired) electrons. The highest BCUT2D eigenvalue weighted by atomic mass is 16.6. The van der Waals surface area contributed by atoms with Crippen molar-refractivity contribution in [1.82, 2.24) is 0 Å². The average Bonchev–Trinajstić information content (AvgIpc) is 3.05. The van der Waals surface area contributed by atoms with Crippen LogP contribution in [0.25, 0.3) is 0 Å². The van der Waals surface area contributed by atoms with Crippen molar-refractivity contribution >= 4 is 23.9 Å². The Kier molecular flexibility index (Phi) is 8.67. The third-order valence-electron chi connectivity index (χ3n) is 7.67. The fourth-order valence-electron chi connectivity index (χ4n) is 6.05. The summed E-state index contributed by atoms with van der Waals surface area (Å²) >= 11 is 0. The molecule has 1 aliphatic heterocycles. The summed E-state index contributed by atoms with van der Waals surface area (Å²) in [5.41, 5.74) is 0.988. The number of hydrogen-bond acceptors (Lipinski definition) is 9. The van der Waals surface area contributed by atoms with Gasteiger partial charge < -0.3 is 24.1 Å². The summed E-state index contributed by atoms with van der Waals surface area (Å²) in [5.74, 6) is -2.87. The van der Waals surface area contributed by atoms with Gasteiger partial charge in [-0.1, -0.05) is 31.1 Å². The molecule has 0 aromatic heterocycles. The van der Waals surface area contributed by atoms with E-state index in [1.165, 1.54) is 13.8 Å². The maximum Gasteiger partial charge on any atom is 0.334 e. The van der Waals surface area contributed by atoms with E-state index in [2.05, 4.69) is 0 Å². The lowest BCUT2D eigenvalue weighted by atomic mass is 9.57. The molecule has 3 aliphatic rings. The van der Waals surface area contributed by atoms with Crippen molar-refractivity contribution in [1.29, 1.82) is 0 Å². The van der Waals surface area contributed by atoms with Gasteiger partial charge in [-0.25, -0.2) is 4.79 Å². The third kappa shape index (κ3) is 5.66. The average molecular weight is 519 g/mol. The second kappa shape index (κ2) is 11.2. The van der Waals surface area contributed by atoms with Crippen LogP contribution in [0.2, 0.25) is 0 Å². The molecule has 0 saturated heterocycles. The van der Waals surface area contributed by atoms with Crippen molar-refractivity contribution in [3.8, 4) is 0 Å². The van der Waals surface area contributed by atoms with Crippen LogP contribution < -0.4 is 0 Å². The van der Waals surface area contributed by atoms with E-state index < -0.39 is 65.7 Å². The molecule has 0 aromatic rings. The quantitative estimate of drug-likeness (QED) is 0.331. The highest BCUT2D eigenvalue weighted by Crippen LogP contribution is 2.52. The van der Waals surface area contributed by atoms with E-state index in [0.717, 1.165) is 11.1 Å². The molecular formula is C28H38O9. The van der Waals surface area contributed by atoms with Crippen LogP contribution in [0.5, 0.6) is 0 Å². The van der Waals surface area contributed by atoms with E-state index >= 15 is 0 Å². The van der Waals surface area contributed by atoms with Crippen LogP contribution in [0.15, 0.2) is 34.4 Å². The van der Waals surface area contributed by atoms with Gasteiger partial charge in [-0.2, -0.15) is 0 Å². The lowest BCUT2D eigenvalue weighted by Gasteiger charge is -2.53. The van der Waals surface area contributed by atoms with Crippen LogP contribution in [0, 0.1) is 11.3 Å². The Morgan fingerprint density at radius 2 is 1.76 bits per heavy atom. The number of fused-ring (bicyclic) bond motifs is 2. The highest BCUT2D eigenvalue weighted by Gasteiger charge is 2.59. The zero-order valence-corrected chi connectivity index (χ0v) is 22.7. The Balaban J connectivity index is 2.32. The monoisotopic (exact) mass is 518 g/mol. The molecule has 9 heteroatoms. The third-order valence-corrected chi connectivity index (χ3v) is 7.67. The van der Waals surface area contributed by atoms with Crippen molar-refractivity contribution in [3.63, 3.8) is 0 Å². The van der Waals surface area contributed by atoms with Gasteiger partial charge in [0.1, 0.15) is 24.4 Å². The lowest BCUT2D eigenvalue weighted by Crippen LogP contribution is -2.61. The Bertz CT molecular complexity index is 1050. The van der Waals surface area contributed by atoms with Crippen LogP contribution in [-0.2, 0) is 38.1 Å². The predicted octanol–water partition coefficient (Wildman–Crippen LogP) is 3.49. The van der Waals surface area contributed by atoms with E-state index in [9.17, 15) is 24.3 Å². The second-order valence-corrected chi connectivity index (χ2v) is 10.5. The number of aliphatic hydroxyl groups is 1. The van der Waals surface area contributed by atoms with E-state index in [1.807, 2.05) is 19.9 Å². The summed E-state index contributed by atoms with van der Waals surface area (Å²) in [6.45, 7) is 11.4. The molecule has 0 saturated carbocycles. The fraction of sp³-hybridized carbons (Fsp3) is 0.643. The summed E-state index contributed by atoms with van der Waals surface area (Å²) in [7, 11) is 0. The number of carbonyl (C=O) groups excluding carboxylic acids is 4. The summed E-state index contributed by atoms with van der Waals surface area (Å²) < 4.78 is 23.2. The van der Waals surface area contributed by atoms with Crippen LogP contribution in [-0.4, -0.2) is 59.5 Å². The van der Waals surface area contributed by atoms with Crippen molar-refractivity contribution in [2.75, 3.05) is 0 Å². The molecule has 0 unspecified atom stereocenters. The van der Waals surface area contributed by atoms with Crippen molar-refractivity contribution in [2.24, 2.45) is 11.3 Å². The molecule has 0 bridgehead atoms. The molecule has 0 aromatic carbocycles. The number of ether oxygens (including phenoxy) is 4. The molecule has 0 spiro atoms. The van der Waals surface area contributed by atoms with Gasteiger partial charge in [-0.3, -0.25) is 14.4 Å². The van der Waals surface area contributed by atoms with Gasteiger partial charge in [0, 0.05) is 50.2 Å². The van der Waals surface area contributed by atoms with Gasteiger partial charge in [0.15, 0.2) is 0 Å². The molecule has 3 rings (SSSR count). The predicted molar refractivity (Wildman–Crippen MR) is 133 cm³/mol. The molecule has 1 N–H and O–H groups in total. The zero-order valence-electron chi connectivity index (χ0n) is 22.7. The SMILES string of the molecule is CCCC(=O)O[C@H]1C/C(C)=C\[C@@H]2OC(=O)C(C)=C2[C@@H](O)[C@H]2C(C)=CC[C@H](OC(C)=O)[C@]2(C)[C@H]1OC(C)=O. The smallest absolute Gasteiger partial charge is 0.334 e. The standard InChI is InChI=1S/C28H38O9/c1-8-9-22(31)36-20-13-14(2)12-19-23(16(4)27(33)37-19)25(32)24-15(3)10-11-21(34-17(5)29)28(24,7)26(20)35-18(6)30/h10,12,19-21,24-26,32H,8-9,11,13H2,1-7H3/b14-12-/t19-,20-,21-,24+,25+,26-,28-/m0/s1. The molecule has 1 heterocycles. The lowest BCUT2D eigenvalue weighted by molar-refractivity contribution is -0.205. The number of esters is 4. The second-order valence-electron chi connectivity index (χ2n) is 10.5. The highest BCUT2D eigenvalue weighted by molar-refractivity contribution is 5.92. The number of hydrogen-bond donors (Lipinski definition) is 1. The topological polar surface area (TPSA) is 125 Å². The Hall–Kier alpha value is -2.94. The zero-order chi connectivity index (χ0) is 27.7. The summed E-state index contributed by atoms with van der Waals surface area (Å²) in [5, 5.41) is 11.9. The maximum atomic E-state index is 12.7. The van der Waals surface area contributed by atoms with E-state index in [1.54, 1.807) is 26.8 Å². The molecule has 37 heavy (non-hydrogen) atoms. The van der Waals surface area contributed by atoms with Gasteiger partial charge in [0.25, 0.3) is 0 Å². The fourth-order valence-corrected chi connectivity index (χ4v) is 6.05. The summed E-state index contributed by atoms with van der Waals surface area (Å²) in [6, 6.07) is 0. The minimum atomic E-state index is -1.23. The van der Waals surface area contributed by atoms with Gasteiger partial charge >= 0.3 is 23.9 Å². The minimum absolute atomic E-state index is 0.174. The van der Waals surface area contributed by atoms with Crippen LogP contribution >= 0.6 is 0 Å². The molecule has 2 aliphatic carbocycles. The Morgan fingerprint density at radius 3 is 2.35 bits per heavy atom. The molecule has 204 valence electrons. The minimum Gasteiger partial charge on any atom is -0.461 e. The van der Waals surface area contributed by atoms with Gasteiger partial charge in [-0.15, -0.1) is 0 Å². The van der Waals surface area contributed by atoms with Crippen LogP contribution in [0.4, 0.5) is 0 Å². The molecule has 7 atom stereocenters. The Labute approximate surface area is 217 Å². The van der Waals surface area contributed by atoms with E-state index in [4.69, 9.17) is 18.9 Å². The first-order valence-electron chi connectivity index (χ1n) is 12.8. The first kappa shape index (κ1) is 28.6. The van der Waals surface area contributed by atoms with Gasteiger partial charge in [0.05, 0.1) is 11.5 Å². The van der Waals surface area contributed by atoms with Gasteiger partial charge in [-0.05, 0) is 33.3 Å². The molecule has 9 nitrogen and oxygen atoms in total. The molecule has 0 fully saturated rings. The number of rotatable bonds is 5. The largest absolute Gasteiger partial charge is 0.461 e. The van der Waals surface area contributed by atoms with Crippen molar-refractivity contribution in [2.45, 2.75) is 105 Å².